The molecule has 9 heteroatoms. The lowest BCUT2D eigenvalue weighted by Crippen LogP contribution is -2.14. The van der Waals surface area contributed by atoms with Crippen LogP contribution in [0.1, 0.15) is 28.1 Å². The fourth-order valence-electron chi connectivity index (χ4n) is 3.07. The number of nitro groups is 1. The molecule has 0 saturated heterocycles. The van der Waals surface area contributed by atoms with Crippen molar-refractivity contribution in [3.05, 3.63) is 86.2 Å². The molecule has 0 spiro atoms. The van der Waals surface area contributed by atoms with E-state index >= 15 is 0 Å². The molecule has 0 saturated carbocycles. The Labute approximate surface area is 195 Å². The number of carbonyl (C=O) groups excluding carboxylic acids is 1. The van der Waals surface area contributed by atoms with Crippen molar-refractivity contribution in [2.45, 2.75) is 37.7 Å². The van der Waals surface area contributed by atoms with Crippen LogP contribution in [-0.2, 0) is 4.79 Å². The maximum atomic E-state index is 12.6. The summed E-state index contributed by atoms with van der Waals surface area (Å²) in [5.41, 5.74) is 3.99. The SMILES string of the molecule is Cc1ccc(C)c(NC(=O)/C(C#N)=C/c2ccc(Sc3nc(C)cc(C)n3)c([N+](=O)[O-])c2)c1. The number of anilines is 1. The lowest BCUT2D eigenvalue weighted by Gasteiger charge is -2.09. The van der Waals surface area contributed by atoms with Crippen LogP contribution in [0.25, 0.3) is 6.08 Å². The van der Waals surface area contributed by atoms with E-state index < -0.39 is 10.8 Å². The average Bonchev–Trinajstić information content (AvgIpc) is 2.74. The third-order valence-electron chi connectivity index (χ3n) is 4.66. The molecule has 0 unspecified atom stereocenters. The van der Waals surface area contributed by atoms with Crippen molar-refractivity contribution in [3.63, 3.8) is 0 Å². The molecule has 0 atom stereocenters. The van der Waals surface area contributed by atoms with Crippen LogP contribution in [0.5, 0.6) is 0 Å². The first-order valence-electron chi connectivity index (χ1n) is 9.95. The highest BCUT2D eigenvalue weighted by molar-refractivity contribution is 7.99. The Morgan fingerprint density at radius 1 is 1.09 bits per heavy atom. The van der Waals surface area contributed by atoms with E-state index in [0.717, 1.165) is 34.3 Å². The number of nitro benzene ring substituents is 1. The first kappa shape index (κ1) is 23.6. The van der Waals surface area contributed by atoms with Gasteiger partial charge in [0, 0.05) is 23.1 Å². The Hall–Kier alpha value is -4.03. The second kappa shape index (κ2) is 10.1. The van der Waals surface area contributed by atoms with Crippen LogP contribution in [-0.4, -0.2) is 20.8 Å². The van der Waals surface area contributed by atoms with Crippen molar-refractivity contribution in [1.82, 2.24) is 9.97 Å². The Kier molecular flexibility index (Phi) is 7.20. The van der Waals surface area contributed by atoms with E-state index in [-0.39, 0.29) is 11.3 Å². The van der Waals surface area contributed by atoms with Crippen LogP contribution < -0.4 is 5.32 Å². The largest absolute Gasteiger partial charge is 0.321 e. The summed E-state index contributed by atoms with van der Waals surface area (Å²) in [7, 11) is 0. The number of hydrogen-bond donors (Lipinski definition) is 1. The second-order valence-corrected chi connectivity index (χ2v) is 8.47. The van der Waals surface area contributed by atoms with Crippen molar-refractivity contribution >= 4 is 35.1 Å². The molecule has 8 nitrogen and oxygen atoms in total. The Bertz CT molecular complexity index is 1310. The summed E-state index contributed by atoms with van der Waals surface area (Å²) in [6.45, 7) is 7.41. The summed E-state index contributed by atoms with van der Waals surface area (Å²) in [6.07, 6.45) is 1.33. The molecule has 3 aromatic rings. The Morgan fingerprint density at radius 2 is 1.79 bits per heavy atom. The molecule has 33 heavy (non-hydrogen) atoms. The number of aryl methyl sites for hydroxylation is 4. The van der Waals surface area contributed by atoms with E-state index in [9.17, 15) is 20.2 Å². The number of nitrogens with one attached hydrogen (secondary N) is 1. The molecule has 166 valence electrons. The van der Waals surface area contributed by atoms with Gasteiger partial charge in [0.1, 0.15) is 11.6 Å². The molecule has 0 bridgehead atoms. The van der Waals surface area contributed by atoms with Gasteiger partial charge in [-0.15, -0.1) is 0 Å². The Balaban J connectivity index is 1.90. The van der Waals surface area contributed by atoms with Gasteiger partial charge in [-0.05, 0) is 80.4 Å². The van der Waals surface area contributed by atoms with Gasteiger partial charge in [-0.3, -0.25) is 14.9 Å². The maximum Gasteiger partial charge on any atom is 0.283 e. The third-order valence-corrected chi connectivity index (χ3v) is 5.59. The minimum absolute atomic E-state index is 0.163. The van der Waals surface area contributed by atoms with E-state index in [1.54, 1.807) is 12.1 Å². The number of amides is 1. The zero-order valence-corrected chi connectivity index (χ0v) is 19.4. The van der Waals surface area contributed by atoms with Crippen molar-refractivity contribution in [1.29, 1.82) is 5.26 Å². The van der Waals surface area contributed by atoms with E-state index in [1.165, 1.54) is 12.1 Å². The molecule has 0 aliphatic heterocycles. The average molecular weight is 460 g/mol. The highest BCUT2D eigenvalue weighted by Crippen LogP contribution is 2.34. The minimum Gasteiger partial charge on any atom is -0.321 e. The minimum atomic E-state index is -0.587. The number of rotatable bonds is 6. The lowest BCUT2D eigenvalue weighted by atomic mass is 10.1. The van der Waals surface area contributed by atoms with Crippen LogP contribution in [0, 0.1) is 49.1 Å². The molecule has 3 rings (SSSR count). The van der Waals surface area contributed by atoms with Crippen LogP contribution in [0.15, 0.2) is 58.1 Å². The van der Waals surface area contributed by atoms with Crippen molar-refractivity contribution in [2.24, 2.45) is 0 Å². The van der Waals surface area contributed by atoms with Crippen LogP contribution in [0.4, 0.5) is 11.4 Å². The summed E-state index contributed by atoms with van der Waals surface area (Å²) in [5.74, 6) is -0.587. The van der Waals surface area contributed by atoms with Crippen LogP contribution >= 0.6 is 11.8 Å². The summed E-state index contributed by atoms with van der Waals surface area (Å²) >= 11 is 1.09. The van der Waals surface area contributed by atoms with Gasteiger partial charge in [0.2, 0.25) is 0 Å². The first-order chi connectivity index (χ1) is 15.7. The monoisotopic (exact) mass is 459 g/mol. The molecule has 0 aliphatic carbocycles. The van der Waals surface area contributed by atoms with Crippen molar-refractivity contribution in [3.8, 4) is 6.07 Å². The third kappa shape index (κ3) is 6.02. The Morgan fingerprint density at radius 3 is 2.42 bits per heavy atom. The number of nitriles is 1. The smallest absolute Gasteiger partial charge is 0.283 e. The summed E-state index contributed by atoms with van der Waals surface area (Å²) < 4.78 is 0. The van der Waals surface area contributed by atoms with Gasteiger partial charge < -0.3 is 5.32 Å². The van der Waals surface area contributed by atoms with E-state index in [4.69, 9.17) is 0 Å². The zero-order chi connectivity index (χ0) is 24.1. The topological polar surface area (TPSA) is 122 Å². The quantitative estimate of drug-likeness (QED) is 0.174. The number of aromatic nitrogens is 2. The van der Waals surface area contributed by atoms with E-state index in [0.29, 0.717) is 21.3 Å². The molecular formula is C24H21N5O3S. The highest BCUT2D eigenvalue weighted by atomic mass is 32.2. The number of benzene rings is 2. The van der Waals surface area contributed by atoms with Gasteiger partial charge >= 0.3 is 0 Å². The van der Waals surface area contributed by atoms with Gasteiger partial charge in [0.25, 0.3) is 11.6 Å². The van der Waals surface area contributed by atoms with Gasteiger partial charge in [0.05, 0.1) is 9.82 Å². The lowest BCUT2D eigenvalue weighted by molar-refractivity contribution is -0.387. The van der Waals surface area contributed by atoms with Gasteiger partial charge in [-0.25, -0.2) is 9.97 Å². The molecule has 0 aliphatic rings. The number of hydrogen-bond acceptors (Lipinski definition) is 7. The van der Waals surface area contributed by atoms with Crippen molar-refractivity contribution < 1.29 is 9.72 Å². The van der Waals surface area contributed by atoms with Gasteiger partial charge in [-0.2, -0.15) is 5.26 Å². The van der Waals surface area contributed by atoms with Crippen LogP contribution in [0.2, 0.25) is 0 Å². The molecule has 1 amide bonds. The van der Waals surface area contributed by atoms with E-state index in [2.05, 4.69) is 15.3 Å². The number of carbonyl (C=O) groups is 1. The van der Waals surface area contributed by atoms with E-state index in [1.807, 2.05) is 58.0 Å². The normalized spacial score (nSPS) is 11.1. The van der Waals surface area contributed by atoms with Gasteiger partial charge in [0.15, 0.2) is 5.16 Å². The summed E-state index contributed by atoms with van der Waals surface area (Å²) in [6, 6.07) is 13.8. The standard InChI is InChI=1S/C24H21N5O3S/c1-14-5-6-15(2)20(9-14)28-23(30)19(13-25)11-18-7-8-22(21(12-18)29(31)32)33-24-26-16(3)10-17(4)27-24/h5-12H,1-4H3,(H,28,30)/b19-11+. The predicted octanol–water partition coefficient (Wildman–Crippen LogP) is 5.32. The molecule has 2 aromatic carbocycles. The number of nitrogens with zero attached hydrogens (tertiary/aromatic N) is 4. The fraction of sp³-hybridized carbons (Fsp3) is 0.167. The summed E-state index contributed by atoms with van der Waals surface area (Å²) in [4.78, 5) is 32.8. The molecule has 1 heterocycles. The van der Waals surface area contributed by atoms with Gasteiger partial charge in [-0.1, -0.05) is 18.2 Å². The predicted molar refractivity (Wildman–Crippen MR) is 127 cm³/mol. The zero-order valence-electron chi connectivity index (χ0n) is 18.5. The molecular weight excluding hydrogens is 438 g/mol. The highest BCUT2D eigenvalue weighted by Gasteiger charge is 2.18. The molecule has 1 aromatic heterocycles. The van der Waals surface area contributed by atoms with Crippen molar-refractivity contribution in [2.75, 3.05) is 5.32 Å². The first-order valence-corrected chi connectivity index (χ1v) is 10.8. The second-order valence-electron chi connectivity index (χ2n) is 7.46. The molecule has 1 N–H and O–H groups in total. The summed E-state index contributed by atoms with van der Waals surface area (Å²) in [5, 5.41) is 24.3. The molecule has 0 radical (unpaired) electrons. The van der Waals surface area contributed by atoms with Crippen LogP contribution in [0.3, 0.4) is 0 Å². The maximum absolute atomic E-state index is 12.6. The molecule has 0 fully saturated rings. The fourth-order valence-corrected chi connectivity index (χ4v) is 4.02.